The lowest BCUT2D eigenvalue weighted by Crippen LogP contribution is -2.70. The van der Waals surface area contributed by atoms with Crippen LogP contribution in [-0.2, 0) is 9.53 Å². The van der Waals surface area contributed by atoms with Crippen molar-refractivity contribution in [3.05, 3.63) is 11.6 Å². The van der Waals surface area contributed by atoms with Crippen molar-refractivity contribution in [2.24, 2.45) is 0 Å². The maximum atomic E-state index is 11.2. The van der Waals surface area contributed by atoms with Gasteiger partial charge in [-0.25, -0.2) is 0 Å². The van der Waals surface area contributed by atoms with Gasteiger partial charge < -0.3 is 25.2 Å². The lowest BCUT2D eigenvalue weighted by molar-refractivity contribution is -0.273. The average Bonchev–Trinajstić information content (AvgIpc) is 2.40. The standard InChI is InChI=1S/C17H30O6/c1-11(2)7-6-8-16(5,21)17(22)10-9-15(4,23-12(3)18)13(19)14(17)20/h7,13-14,19-22H,6,8-10H2,1-5H3. The molecule has 0 spiro atoms. The van der Waals surface area contributed by atoms with Crippen LogP contribution in [0.25, 0.3) is 0 Å². The number of carbonyl (C=O) groups excluding carboxylic acids is 1. The molecule has 0 aromatic rings. The minimum Gasteiger partial charge on any atom is -0.457 e. The molecule has 0 heterocycles. The Morgan fingerprint density at radius 2 is 1.83 bits per heavy atom. The minimum atomic E-state index is -1.87. The molecular formula is C17H30O6. The van der Waals surface area contributed by atoms with Crippen LogP contribution >= 0.6 is 0 Å². The van der Waals surface area contributed by atoms with Gasteiger partial charge in [0, 0.05) is 6.92 Å². The summed E-state index contributed by atoms with van der Waals surface area (Å²) in [6, 6.07) is 0. The molecule has 6 heteroatoms. The summed E-state index contributed by atoms with van der Waals surface area (Å²) < 4.78 is 5.13. The number of aliphatic hydroxyl groups is 4. The second-order valence-electron chi connectivity index (χ2n) is 7.31. The highest BCUT2D eigenvalue weighted by atomic mass is 16.6. The first kappa shape index (κ1) is 20.1. The minimum absolute atomic E-state index is 0.0107. The van der Waals surface area contributed by atoms with Crippen LogP contribution in [0, 0.1) is 0 Å². The van der Waals surface area contributed by atoms with Crippen LogP contribution in [0.2, 0.25) is 0 Å². The first-order valence-corrected chi connectivity index (χ1v) is 7.99. The third-order valence-electron chi connectivity index (χ3n) is 4.91. The molecule has 0 aromatic carbocycles. The highest BCUT2D eigenvalue weighted by Gasteiger charge is 2.60. The smallest absolute Gasteiger partial charge is 0.303 e. The van der Waals surface area contributed by atoms with Crippen LogP contribution in [-0.4, -0.2) is 55.4 Å². The van der Waals surface area contributed by atoms with Crippen molar-refractivity contribution in [3.8, 4) is 0 Å². The maximum Gasteiger partial charge on any atom is 0.303 e. The van der Waals surface area contributed by atoms with Gasteiger partial charge in [0.05, 0.1) is 5.60 Å². The van der Waals surface area contributed by atoms with Gasteiger partial charge in [-0.1, -0.05) is 11.6 Å². The van der Waals surface area contributed by atoms with Gasteiger partial charge >= 0.3 is 5.97 Å². The predicted molar refractivity (Wildman–Crippen MR) is 85.7 cm³/mol. The van der Waals surface area contributed by atoms with E-state index in [-0.39, 0.29) is 19.3 Å². The number of allylic oxidation sites excluding steroid dienone is 2. The Kier molecular flexibility index (Phi) is 6.02. The van der Waals surface area contributed by atoms with Gasteiger partial charge in [-0.15, -0.1) is 0 Å². The first-order valence-electron chi connectivity index (χ1n) is 7.99. The van der Waals surface area contributed by atoms with E-state index in [9.17, 15) is 25.2 Å². The Morgan fingerprint density at radius 3 is 2.30 bits per heavy atom. The van der Waals surface area contributed by atoms with Gasteiger partial charge in [0.2, 0.25) is 0 Å². The van der Waals surface area contributed by atoms with Gasteiger partial charge in [-0.2, -0.15) is 0 Å². The van der Waals surface area contributed by atoms with E-state index in [4.69, 9.17) is 4.74 Å². The van der Waals surface area contributed by atoms with Gasteiger partial charge in [0.15, 0.2) is 0 Å². The monoisotopic (exact) mass is 330 g/mol. The number of carbonyl (C=O) groups is 1. The molecule has 0 radical (unpaired) electrons. The zero-order valence-corrected chi connectivity index (χ0v) is 14.7. The Morgan fingerprint density at radius 1 is 1.26 bits per heavy atom. The largest absolute Gasteiger partial charge is 0.457 e. The Balaban J connectivity index is 2.95. The molecule has 1 saturated carbocycles. The molecular weight excluding hydrogens is 300 g/mol. The van der Waals surface area contributed by atoms with E-state index >= 15 is 0 Å². The fourth-order valence-electron chi connectivity index (χ4n) is 3.22. The molecule has 1 aliphatic rings. The van der Waals surface area contributed by atoms with Crippen LogP contribution in [0.3, 0.4) is 0 Å². The summed E-state index contributed by atoms with van der Waals surface area (Å²) in [4.78, 5) is 11.2. The maximum absolute atomic E-state index is 11.2. The van der Waals surface area contributed by atoms with E-state index in [1.54, 1.807) is 0 Å². The molecule has 0 bridgehead atoms. The van der Waals surface area contributed by atoms with E-state index in [2.05, 4.69) is 0 Å². The molecule has 1 rings (SSSR count). The normalized spacial score (nSPS) is 36.9. The highest BCUT2D eigenvalue weighted by molar-refractivity contribution is 5.66. The molecule has 0 aromatic heterocycles. The fourth-order valence-corrected chi connectivity index (χ4v) is 3.22. The quantitative estimate of drug-likeness (QED) is 0.443. The van der Waals surface area contributed by atoms with E-state index in [0.717, 1.165) is 5.57 Å². The summed E-state index contributed by atoms with van der Waals surface area (Å²) in [5.41, 5.74) is -3.65. The SMILES string of the molecule is CC(=O)OC1(C)CCC(O)(C(C)(O)CCC=C(C)C)C(O)C1O. The molecule has 0 amide bonds. The summed E-state index contributed by atoms with van der Waals surface area (Å²) in [5, 5.41) is 42.3. The Bertz CT molecular complexity index is 468. The van der Waals surface area contributed by atoms with Crippen LogP contribution in [0.15, 0.2) is 11.6 Å². The van der Waals surface area contributed by atoms with Gasteiger partial charge in [-0.05, 0) is 53.4 Å². The third kappa shape index (κ3) is 4.12. The molecule has 23 heavy (non-hydrogen) atoms. The number of esters is 1. The highest BCUT2D eigenvalue weighted by Crippen LogP contribution is 2.44. The van der Waals surface area contributed by atoms with Crippen LogP contribution in [0.4, 0.5) is 0 Å². The van der Waals surface area contributed by atoms with Crippen molar-refractivity contribution in [2.45, 2.75) is 89.3 Å². The number of rotatable bonds is 5. The number of aliphatic hydroxyl groups excluding tert-OH is 2. The molecule has 5 unspecified atom stereocenters. The van der Waals surface area contributed by atoms with Crippen molar-refractivity contribution < 1.29 is 30.0 Å². The lowest BCUT2D eigenvalue weighted by atomic mass is 9.64. The second-order valence-corrected chi connectivity index (χ2v) is 7.31. The number of ether oxygens (including phenoxy) is 1. The predicted octanol–water partition coefficient (Wildman–Crippen LogP) is 1.05. The van der Waals surface area contributed by atoms with E-state index in [0.29, 0.717) is 6.42 Å². The van der Waals surface area contributed by atoms with Gasteiger partial charge in [-0.3, -0.25) is 4.79 Å². The van der Waals surface area contributed by atoms with Crippen LogP contribution in [0.1, 0.15) is 60.3 Å². The first-order chi connectivity index (χ1) is 10.4. The van der Waals surface area contributed by atoms with Gasteiger partial charge in [0.1, 0.15) is 23.4 Å². The Hall–Kier alpha value is -0.950. The molecule has 4 N–H and O–H groups in total. The van der Waals surface area contributed by atoms with Crippen molar-refractivity contribution in [3.63, 3.8) is 0 Å². The molecule has 0 saturated heterocycles. The molecule has 5 atom stereocenters. The van der Waals surface area contributed by atoms with Crippen molar-refractivity contribution in [1.82, 2.24) is 0 Å². The third-order valence-corrected chi connectivity index (χ3v) is 4.91. The summed E-state index contributed by atoms with van der Waals surface area (Å²) >= 11 is 0. The van der Waals surface area contributed by atoms with Crippen LogP contribution < -0.4 is 0 Å². The molecule has 134 valence electrons. The molecule has 1 fully saturated rings. The molecule has 6 nitrogen and oxygen atoms in total. The average molecular weight is 330 g/mol. The van der Waals surface area contributed by atoms with Crippen LogP contribution in [0.5, 0.6) is 0 Å². The van der Waals surface area contributed by atoms with E-state index < -0.39 is 35.0 Å². The van der Waals surface area contributed by atoms with Crippen molar-refractivity contribution >= 4 is 5.97 Å². The zero-order valence-electron chi connectivity index (χ0n) is 14.7. The summed E-state index contributed by atoms with van der Waals surface area (Å²) in [6.07, 6.45) is -0.240. The van der Waals surface area contributed by atoms with Crippen molar-refractivity contribution in [2.75, 3.05) is 0 Å². The van der Waals surface area contributed by atoms with E-state index in [1.807, 2.05) is 19.9 Å². The summed E-state index contributed by atoms with van der Waals surface area (Å²) in [5.74, 6) is -0.570. The number of hydrogen-bond acceptors (Lipinski definition) is 6. The molecule has 0 aliphatic heterocycles. The van der Waals surface area contributed by atoms with Gasteiger partial charge in [0.25, 0.3) is 0 Å². The van der Waals surface area contributed by atoms with E-state index in [1.165, 1.54) is 20.8 Å². The van der Waals surface area contributed by atoms with Crippen molar-refractivity contribution in [1.29, 1.82) is 0 Å². The molecule has 1 aliphatic carbocycles. The summed E-state index contributed by atoms with van der Waals surface area (Å²) in [6.45, 7) is 8.07. The number of hydrogen-bond donors (Lipinski definition) is 4. The summed E-state index contributed by atoms with van der Waals surface area (Å²) in [7, 11) is 0. The topological polar surface area (TPSA) is 107 Å². The lowest BCUT2D eigenvalue weighted by Gasteiger charge is -2.53. The second kappa shape index (κ2) is 6.89. The zero-order chi connectivity index (χ0) is 18.1. The fraction of sp³-hybridized carbons (Fsp3) is 0.824. The Labute approximate surface area is 137 Å².